The summed E-state index contributed by atoms with van der Waals surface area (Å²) in [7, 11) is 1.81. The van der Waals surface area contributed by atoms with E-state index in [1.165, 1.54) is 0 Å². The Labute approximate surface area is 119 Å². The third-order valence-corrected chi connectivity index (χ3v) is 3.35. The fourth-order valence-electron chi connectivity index (χ4n) is 1.61. The largest absolute Gasteiger partial charge is 0.384 e. The zero-order valence-electron chi connectivity index (χ0n) is 11.6. The van der Waals surface area contributed by atoms with Gasteiger partial charge in [-0.05, 0) is 30.9 Å². The Balaban J connectivity index is 2.95. The van der Waals surface area contributed by atoms with Crippen LogP contribution in [-0.4, -0.2) is 48.1 Å². The third-order valence-electron chi connectivity index (χ3n) is 2.76. The van der Waals surface area contributed by atoms with Gasteiger partial charge < -0.3 is 10.0 Å². The summed E-state index contributed by atoms with van der Waals surface area (Å²) < 4.78 is 0. The summed E-state index contributed by atoms with van der Waals surface area (Å²) in [6.07, 6.45) is 2.02. The van der Waals surface area contributed by atoms with Gasteiger partial charge in [-0.25, -0.2) is 0 Å². The number of carbonyl (C=O) groups is 1. The fraction of sp³-hybridized carbons (Fsp3) is 0.400. The van der Waals surface area contributed by atoms with Gasteiger partial charge in [0.25, 0.3) is 5.91 Å². The van der Waals surface area contributed by atoms with Crippen LogP contribution in [-0.2, 0) is 0 Å². The molecule has 0 saturated heterocycles. The van der Waals surface area contributed by atoms with Gasteiger partial charge in [-0.3, -0.25) is 4.79 Å². The molecule has 0 aliphatic heterocycles. The van der Waals surface area contributed by atoms with Gasteiger partial charge >= 0.3 is 0 Å². The molecule has 0 fully saturated rings. The summed E-state index contributed by atoms with van der Waals surface area (Å²) in [5, 5.41) is 8.69. The van der Waals surface area contributed by atoms with Crippen molar-refractivity contribution in [3.63, 3.8) is 0 Å². The van der Waals surface area contributed by atoms with Gasteiger partial charge in [0.05, 0.1) is 0 Å². The van der Waals surface area contributed by atoms with E-state index in [2.05, 4.69) is 11.8 Å². The zero-order valence-corrected chi connectivity index (χ0v) is 12.4. The van der Waals surface area contributed by atoms with E-state index in [-0.39, 0.29) is 12.5 Å². The molecule has 0 saturated carbocycles. The van der Waals surface area contributed by atoms with Crippen molar-refractivity contribution in [2.24, 2.45) is 0 Å². The first kappa shape index (κ1) is 15.6. The minimum atomic E-state index is -0.176. The van der Waals surface area contributed by atoms with Gasteiger partial charge in [-0.2, -0.15) is 11.8 Å². The maximum Gasteiger partial charge on any atom is 0.253 e. The summed E-state index contributed by atoms with van der Waals surface area (Å²) >= 11 is 1.72. The molecule has 0 aliphatic carbocycles. The SMILES string of the molecule is CSCCN(C)C(=O)c1cc(C#CCO)ccc1C. The molecule has 0 heterocycles. The molecule has 102 valence electrons. The number of carbonyl (C=O) groups excluding carboxylic acids is 1. The van der Waals surface area contributed by atoms with Gasteiger partial charge in [0.2, 0.25) is 0 Å². The van der Waals surface area contributed by atoms with Crippen LogP contribution >= 0.6 is 11.8 Å². The van der Waals surface area contributed by atoms with E-state index in [1.807, 2.05) is 32.4 Å². The van der Waals surface area contributed by atoms with E-state index in [1.54, 1.807) is 22.7 Å². The lowest BCUT2D eigenvalue weighted by molar-refractivity contribution is 0.0803. The Morgan fingerprint density at radius 1 is 1.47 bits per heavy atom. The van der Waals surface area contributed by atoms with Gasteiger partial charge in [0.1, 0.15) is 6.61 Å². The van der Waals surface area contributed by atoms with Crippen LogP contribution in [0.25, 0.3) is 0 Å². The van der Waals surface area contributed by atoms with Crippen molar-refractivity contribution >= 4 is 17.7 Å². The number of nitrogens with zero attached hydrogens (tertiary/aromatic N) is 1. The first-order valence-electron chi connectivity index (χ1n) is 6.05. The molecule has 1 aromatic rings. The number of aliphatic hydroxyl groups is 1. The molecule has 0 aromatic heterocycles. The molecule has 1 amide bonds. The molecule has 0 spiro atoms. The minimum absolute atomic E-state index is 0.0131. The van der Waals surface area contributed by atoms with E-state index >= 15 is 0 Å². The molecule has 1 N–H and O–H groups in total. The monoisotopic (exact) mass is 277 g/mol. The first-order chi connectivity index (χ1) is 9.10. The van der Waals surface area contributed by atoms with Crippen LogP contribution in [0.15, 0.2) is 18.2 Å². The number of hydrogen-bond acceptors (Lipinski definition) is 3. The van der Waals surface area contributed by atoms with Crippen LogP contribution in [0.3, 0.4) is 0 Å². The standard InChI is InChI=1S/C15H19NO2S/c1-12-6-7-13(5-4-9-17)11-14(12)15(18)16(2)8-10-19-3/h6-7,11,17H,8-10H2,1-3H3. The average molecular weight is 277 g/mol. The summed E-state index contributed by atoms with van der Waals surface area (Å²) in [5.41, 5.74) is 2.37. The molecule has 1 rings (SSSR count). The molecule has 0 atom stereocenters. The topological polar surface area (TPSA) is 40.5 Å². The minimum Gasteiger partial charge on any atom is -0.384 e. The molecule has 0 aliphatic rings. The quantitative estimate of drug-likeness (QED) is 0.853. The number of thioether (sulfide) groups is 1. The predicted octanol–water partition coefficient (Wildman–Crippen LogP) is 1.77. The van der Waals surface area contributed by atoms with E-state index in [0.717, 1.165) is 23.4 Å². The van der Waals surface area contributed by atoms with Crippen molar-refractivity contribution in [3.05, 3.63) is 34.9 Å². The van der Waals surface area contributed by atoms with Gasteiger partial charge in [0, 0.05) is 30.5 Å². The Kier molecular flexibility index (Phi) is 6.48. The Bertz CT molecular complexity index is 503. The van der Waals surface area contributed by atoms with Crippen molar-refractivity contribution in [1.29, 1.82) is 0 Å². The highest BCUT2D eigenvalue weighted by Gasteiger charge is 2.13. The smallest absolute Gasteiger partial charge is 0.253 e. The number of hydrogen-bond donors (Lipinski definition) is 1. The molecule has 4 heteroatoms. The highest BCUT2D eigenvalue weighted by Crippen LogP contribution is 2.13. The van der Waals surface area contributed by atoms with Crippen LogP contribution in [0.2, 0.25) is 0 Å². The Hall–Kier alpha value is -1.44. The lowest BCUT2D eigenvalue weighted by Gasteiger charge is -2.18. The number of aryl methyl sites for hydroxylation is 1. The second-order valence-electron chi connectivity index (χ2n) is 4.21. The normalized spacial score (nSPS) is 9.68. The number of benzene rings is 1. The molecular weight excluding hydrogens is 258 g/mol. The Morgan fingerprint density at radius 3 is 2.84 bits per heavy atom. The summed E-state index contributed by atoms with van der Waals surface area (Å²) in [5.74, 6) is 6.35. The van der Waals surface area contributed by atoms with Crippen LogP contribution in [0.1, 0.15) is 21.5 Å². The second-order valence-corrected chi connectivity index (χ2v) is 5.19. The van der Waals surface area contributed by atoms with Crippen LogP contribution < -0.4 is 0 Å². The van der Waals surface area contributed by atoms with Gasteiger partial charge in [-0.15, -0.1) is 0 Å². The number of aliphatic hydroxyl groups excluding tert-OH is 1. The first-order valence-corrected chi connectivity index (χ1v) is 7.44. The van der Waals surface area contributed by atoms with Gasteiger partial charge in [-0.1, -0.05) is 17.9 Å². The second kappa shape index (κ2) is 7.88. The average Bonchev–Trinajstić information content (AvgIpc) is 2.43. The summed E-state index contributed by atoms with van der Waals surface area (Å²) in [6.45, 7) is 2.47. The van der Waals surface area contributed by atoms with E-state index < -0.39 is 0 Å². The molecule has 0 unspecified atom stereocenters. The maximum atomic E-state index is 12.3. The van der Waals surface area contributed by atoms with Crippen molar-refractivity contribution in [2.75, 3.05) is 32.2 Å². The lowest BCUT2D eigenvalue weighted by atomic mass is 10.0. The van der Waals surface area contributed by atoms with Crippen LogP contribution in [0.5, 0.6) is 0 Å². The fourth-order valence-corrected chi connectivity index (χ4v) is 2.06. The number of amides is 1. The predicted molar refractivity (Wildman–Crippen MR) is 80.5 cm³/mol. The lowest BCUT2D eigenvalue weighted by Crippen LogP contribution is -2.29. The molecule has 1 aromatic carbocycles. The van der Waals surface area contributed by atoms with Crippen LogP contribution in [0, 0.1) is 18.8 Å². The number of rotatable bonds is 4. The van der Waals surface area contributed by atoms with E-state index in [9.17, 15) is 4.79 Å². The van der Waals surface area contributed by atoms with Crippen LogP contribution in [0.4, 0.5) is 0 Å². The van der Waals surface area contributed by atoms with Crippen molar-refractivity contribution in [3.8, 4) is 11.8 Å². The maximum absolute atomic E-state index is 12.3. The van der Waals surface area contributed by atoms with E-state index in [0.29, 0.717) is 5.56 Å². The van der Waals surface area contributed by atoms with Crippen molar-refractivity contribution in [1.82, 2.24) is 4.90 Å². The summed E-state index contributed by atoms with van der Waals surface area (Å²) in [6, 6.07) is 5.53. The van der Waals surface area contributed by atoms with Crippen molar-refractivity contribution < 1.29 is 9.90 Å². The zero-order chi connectivity index (χ0) is 14.3. The molecule has 3 nitrogen and oxygen atoms in total. The highest BCUT2D eigenvalue weighted by molar-refractivity contribution is 7.98. The molecule has 0 radical (unpaired) electrons. The molecule has 19 heavy (non-hydrogen) atoms. The Morgan fingerprint density at radius 2 is 2.21 bits per heavy atom. The third kappa shape index (κ3) is 4.62. The van der Waals surface area contributed by atoms with Gasteiger partial charge in [0.15, 0.2) is 0 Å². The molecule has 0 bridgehead atoms. The summed E-state index contributed by atoms with van der Waals surface area (Å²) in [4.78, 5) is 14.0. The van der Waals surface area contributed by atoms with E-state index in [4.69, 9.17) is 5.11 Å². The highest BCUT2D eigenvalue weighted by atomic mass is 32.2. The van der Waals surface area contributed by atoms with Crippen molar-refractivity contribution in [2.45, 2.75) is 6.92 Å². The molecular formula is C15H19NO2S.